The maximum absolute atomic E-state index is 11.9. The van der Waals surface area contributed by atoms with E-state index in [1.54, 1.807) is 30.2 Å². The summed E-state index contributed by atoms with van der Waals surface area (Å²) in [5.41, 5.74) is 0.340. The lowest BCUT2D eigenvalue weighted by Gasteiger charge is -2.27. The Hall–Kier alpha value is -2.11. The number of methoxy groups -OCH3 is 1. The molecule has 0 saturated carbocycles. The fraction of sp³-hybridized carbons (Fsp3) is 0.500. The highest BCUT2D eigenvalue weighted by Gasteiger charge is 2.22. The van der Waals surface area contributed by atoms with E-state index in [4.69, 9.17) is 4.74 Å². The van der Waals surface area contributed by atoms with Crippen LogP contribution in [0, 0.1) is 0 Å². The molecule has 0 fully saturated rings. The van der Waals surface area contributed by atoms with Gasteiger partial charge in [-0.25, -0.2) is 9.78 Å². The standard InChI is InChI=1S/C14H20N2O4/c1-5-20-14(18)11-7-6-8-15-13(11)16(10(2)3)9-12(17)19-4/h6-8,10H,5,9H2,1-4H3. The molecule has 0 aliphatic heterocycles. The van der Waals surface area contributed by atoms with Crippen LogP contribution in [0.4, 0.5) is 5.82 Å². The van der Waals surface area contributed by atoms with Crippen molar-refractivity contribution in [2.45, 2.75) is 26.8 Å². The Bertz CT molecular complexity index is 474. The molecule has 0 atom stereocenters. The Morgan fingerprint density at radius 1 is 1.40 bits per heavy atom. The van der Waals surface area contributed by atoms with E-state index in [9.17, 15) is 9.59 Å². The van der Waals surface area contributed by atoms with Crippen molar-refractivity contribution in [2.75, 3.05) is 25.2 Å². The van der Waals surface area contributed by atoms with Crippen molar-refractivity contribution in [1.29, 1.82) is 0 Å². The van der Waals surface area contributed by atoms with Crippen LogP contribution in [0.2, 0.25) is 0 Å². The quantitative estimate of drug-likeness (QED) is 0.738. The summed E-state index contributed by atoms with van der Waals surface area (Å²) >= 11 is 0. The van der Waals surface area contributed by atoms with Gasteiger partial charge in [-0.1, -0.05) is 0 Å². The summed E-state index contributed by atoms with van der Waals surface area (Å²) in [5.74, 6) is -0.420. The van der Waals surface area contributed by atoms with Gasteiger partial charge in [-0.2, -0.15) is 0 Å². The molecular weight excluding hydrogens is 260 g/mol. The van der Waals surface area contributed by atoms with Gasteiger partial charge in [0.2, 0.25) is 0 Å². The smallest absolute Gasteiger partial charge is 0.341 e. The maximum Gasteiger partial charge on any atom is 0.341 e. The summed E-state index contributed by atoms with van der Waals surface area (Å²) < 4.78 is 9.68. The number of ether oxygens (including phenoxy) is 2. The molecule has 6 heteroatoms. The summed E-state index contributed by atoms with van der Waals surface area (Å²) in [4.78, 5) is 29.4. The monoisotopic (exact) mass is 280 g/mol. The minimum absolute atomic E-state index is 0.0165. The zero-order chi connectivity index (χ0) is 15.1. The molecule has 110 valence electrons. The van der Waals surface area contributed by atoms with E-state index in [1.807, 2.05) is 13.8 Å². The molecule has 0 aliphatic carbocycles. The number of hydrogen-bond donors (Lipinski definition) is 0. The van der Waals surface area contributed by atoms with Gasteiger partial charge in [-0.3, -0.25) is 4.79 Å². The van der Waals surface area contributed by atoms with Crippen LogP contribution in [0.1, 0.15) is 31.1 Å². The number of anilines is 1. The van der Waals surface area contributed by atoms with Gasteiger partial charge in [0, 0.05) is 12.2 Å². The van der Waals surface area contributed by atoms with E-state index in [1.165, 1.54) is 7.11 Å². The second-order valence-electron chi connectivity index (χ2n) is 4.39. The Balaban J connectivity index is 3.13. The van der Waals surface area contributed by atoms with Crippen molar-refractivity contribution in [3.05, 3.63) is 23.9 Å². The number of rotatable bonds is 6. The summed E-state index contributed by atoms with van der Waals surface area (Å²) in [6.45, 7) is 5.87. The molecule has 1 heterocycles. The molecule has 1 aromatic heterocycles. The average molecular weight is 280 g/mol. The molecule has 6 nitrogen and oxygen atoms in total. The summed E-state index contributed by atoms with van der Waals surface area (Å²) in [5, 5.41) is 0. The number of aromatic nitrogens is 1. The van der Waals surface area contributed by atoms with Crippen LogP contribution in [0.15, 0.2) is 18.3 Å². The molecule has 0 N–H and O–H groups in total. The van der Waals surface area contributed by atoms with Crippen LogP contribution in [-0.2, 0) is 14.3 Å². The van der Waals surface area contributed by atoms with Crippen molar-refractivity contribution in [1.82, 2.24) is 4.98 Å². The van der Waals surface area contributed by atoms with Gasteiger partial charge in [-0.05, 0) is 32.9 Å². The lowest BCUT2D eigenvalue weighted by atomic mass is 10.2. The number of pyridine rings is 1. The van der Waals surface area contributed by atoms with Crippen LogP contribution in [0.5, 0.6) is 0 Å². The number of carbonyl (C=O) groups excluding carboxylic acids is 2. The third-order valence-corrected chi connectivity index (χ3v) is 2.70. The first kappa shape index (κ1) is 15.9. The molecule has 1 aromatic rings. The van der Waals surface area contributed by atoms with E-state index in [0.717, 1.165) is 0 Å². The van der Waals surface area contributed by atoms with Crippen molar-refractivity contribution < 1.29 is 19.1 Å². The highest BCUT2D eigenvalue weighted by Crippen LogP contribution is 2.20. The second-order valence-corrected chi connectivity index (χ2v) is 4.39. The second kappa shape index (κ2) is 7.47. The molecule has 0 aromatic carbocycles. The van der Waals surface area contributed by atoms with E-state index < -0.39 is 5.97 Å². The van der Waals surface area contributed by atoms with Crippen LogP contribution < -0.4 is 4.90 Å². The zero-order valence-corrected chi connectivity index (χ0v) is 12.3. The van der Waals surface area contributed by atoms with Gasteiger partial charge >= 0.3 is 11.9 Å². The minimum atomic E-state index is -0.453. The average Bonchev–Trinajstić information content (AvgIpc) is 2.44. The van der Waals surface area contributed by atoms with Crippen molar-refractivity contribution in [3.63, 3.8) is 0 Å². The highest BCUT2D eigenvalue weighted by molar-refractivity contribution is 5.95. The first-order valence-electron chi connectivity index (χ1n) is 6.46. The summed E-state index contributed by atoms with van der Waals surface area (Å²) in [6.07, 6.45) is 1.57. The predicted octanol–water partition coefficient (Wildman–Crippen LogP) is 1.65. The van der Waals surface area contributed by atoms with E-state index >= 15 is 0 Å². The van der Waals surface area contributed by atoms with Crippen LogP contribution in [0.3, 0.4) is 0 Å². The van der Waals surface area contributed by atoms with E-state index in [2.05, 4.69) is 9.72 Å². The lowest BCUT2D eigenvalue weighted by molar-refractivity contribution is -0.139. The molecule has 20 heavy (non-hydrogen) atoms. The molecular formula is C14H20N2O4. The fourth-order valence-corrected chi connectivity index (χ4v) is 1.70. The van der Waals surface area contributed by atoms with Crippen molar-refractivity contribution >= 4 is 17.8 Å². The number of esters is 2. The highest BCUT2D eigenvalue weighted by atomic mass is 16.5. The fourth-order valence-electron chi connectivity index (χ4n) is 1.70. The van der Waals surface area contributed by atoms with E-state index in [-0.39, 0.29) is 25.2 Å². The number of nitrogens with zero attached hydrogens (tertiary/aromatic N) is 2. The Morgan fingerprint density at radius 3 is 2.65 bits per heavy atom. The van der Waals surface area contributed by atoms with Crippen LogP contribution >= 0.6 is 0 Å². The minimum Gasteiger partial charge on any atom is -0.468 e. The first-order chi connectivity index (χ1) is 9.51. The number of carbonyl (C=O) groups is 2. The number of hydrogen-bond acceptors (Lipinski definition) is 6. The molecule has 0 unspecified atom stereocenters. The SMILES string of the molecule is CCOC(=O)c1cccnc1N(CC(=O)OC)C(C)C. The molecule has 0 amide bonds. The van der Waals surface area contributed by atoms with Gasteiger partial charge < -0.3 is 14.4 Å². The molecule has 0 radical (unpaired) electrons. The van der Waals surface area contributed by atoms with Gasteiger partial charge in [-0.15, -0.1) is 0 Å². The largest absolute Gasteiger partial charge is 0.468 e. The Kier molecular flexibility index (Phi) is 5.96. The third-order valence-electron chi connectivity index (χ3n) is 2.70. The van der Waals surface area contributed by atoms with Crippen molar-refractivity contribution in [2.24, 2.45) is 0 Å². The molecule has 0 aliphatic rings. The zero-order valence-electron chi connectivity index (χ0n) is 12.3. The van der Waals surface area contributed by atoms with Crippen LogP contribution in [-0.4, -0.2) is 43.2 Å². The lowest BCUT2D eigenvalue weighted by Crippen LogP contribution is -2.38. The normalized spacial score (nSPS) is 10.2. The molecule has 0 saturated heterocycles. The molecule has 1 rings (SSSR count). The predicted molar refractivity (Wildman–Crippen MR) is 74.7 cm³/mol. The summed E-state index contributed by atoms with van der Waals surface area (Å²) in [7, 11) is 1.32. The van der Waals surface area contributed by atoms with Crippen molar-refractivity contribution in [3.8, 4) is 0 Å². The van der Waals surface area contributed by atoms with Gasteiger partial charge in [0.1, 0.15) is 17.9 Å². The summed E-state index contributed by atoms with van der Waals surface area (Å²) in [6, 6.07) is 3.27. The van der Waals surface area contributed by atoms with Gasteiger partial charge in [0.05, 0.1) is 13.7 Å². The molecule has 0 spiro atoms. The maximum atomic E-state index is 11.9. The van der Waals surface area contributed by atoms with Gasteiger partial charge in [0.25, 0.3) is 0 Å². The topological polar surface area (TPSA) is 68.7 Å². The van der Waals surface area contributed by atoms with E-state index in [0.29, 0.717) is 11.4 Å². The Labute approximate surface area is 118 Å². The van der Waals surface area contributed by atoms with Gasteiger partial charge in [0.15, 0.2) is 0 Å². The van der Waals surface area contributed by atoms with Crippen LogP contribution in [0.25, 0.3) is 0 Å². The Morgan fingerprint density at radius 2 is 2.10 bits per heavy atom. The molecule has 0 bridgehead atoms. The third kappa shape index (κ3) is 3.94. The first-order valence-corrected chi connectivity index (χ1v) is 6.46.